The molecule has 2 rings (SSSR count). The summed E-state index contributed by atoms with van der Waals surface area (Å²) in [5.41, 5.74) is 2.92. The molecule has 0 saturated heterocycles. The Bertz CT molecular complexity index is 499. The lowest BCUT2D eigenvalue weighted by Crippen LogP contribution is -2.33. The van der Waals surface area contributed by atoms with Crippen LogP contribution in [0.15, 0.2) is 18.2 Å². The molecular formula is C14H18N2O3. The number of fused-ring (bicyclic) bond motifs is 1. The van der Waals surface area contributed by atoms with E-state index in [0.717, 1.165) is 23.4 Å². The Hall–Kier alpha value is -1.88. The van der Waals surface area contributed by atoms with E-state index in [1.165, 1.54) is 4.90 Å². The van der Waals surface area contributed by atoms with E-state index in [4.69, 9.17) is 4.74 Å². The molecule has 5 heteroatoms. The second-order valence-electron chi connectivity index (χ2n) is 4.46. The van der Waals surface area contributed by atoms with E-state index in [0.29, 0.717) is 13.0 Å². The maximum Gasteiger partial charge on any atom is 0.326 e. The Balaban J connectivity index is 2.17. The maximum atomic E-state index is 11.9. The Kier molecular flexibility index (Phi) is 4.16. The van der Waals surface area contributed by atoms with E-state index in [1.807, 2.05) is 25.2 Å². The molecule has 1 aromatic rings. The van der Waals surface area contributed by atoms with Crippen LogP contribution in [0.1, 0.15) is 18.1 Å². The van der Waals surface area contributed by atoms with Crippen LogP contribution in [-0.4, -0.2) is 32.1 Å². The molecule has 5 nitrogen and oxygen atoms in total. The van der Waals surface area contributed by atoms with Crippen molar-refractivity contribution in [1.82, 2.24) is 5.32 Å². The number of nitrogens with zero attached hydrogens (tertiary/aromatic N) is 1. The summed E-state index contributed by atoms with van der Waals surface area (Å²) in [4.78, 5) is 24.9. The lowest BCUT2D eigenvalue weighted by atomic mass is 10.1. The van der Waals surface area contributed by atoms with Crippen molar-refractivity contribution in [2.75, 3.05) is 25.1 Å². The van der Waals surface area contributed by atoms with E-state index in [1.54, 1.807) is 6.92 Å². The molecule has 1 aliphatic heterocycles. The van der Waals surface area contributed by atoms with Gasteiger partial charge in [-0.15, -0.1) is 0 Å². The normalized spacial score (nSPS) is 13.6. The van der Waals surface area contributed by atoms with Gasteiger partial charge in [-0.1, -0.05) is 12.1 Å². The third-order valence-corrected chi connectivity index (χ3v) is 3.05. The molecule has 0 saturated carbocycles. The minimum atomic E-state index is -0.372. The SMILES string of the molecule is CCOC(=O)CN1C(=O)Cc2cc(CNC)ccc21. The number of rotatable bonds is 5. The van der Waals surface area contributed by atoms with Crippen molar-refractivity contribution < 1.29 is 14.3 Å². The molecule has 0 spiro atoms. The predicted octanol–water partition coefficient (Wildman–Crippen LogP) is 0.858. The summed E-state index contributed by atoms with van der Waals surface area (Å²) in [6.45, 7) is 2.83. The molecule has 1 aliphatic rings. The van der Waals surface area contributed by atoms with Crippen molar-refractivity contribution in [3.63, 3.8) is 0 Å². The fourth-order valence-corrected chi connectivity index (χ4v) is 2.26. The zero-order valence-electron chi connectivity index (χ0n) is 11.2. The topological polar surface area (TPSA) is 58.6 Å². The van der Waals surface area contributed by atoms with E-state index in [-0.39, 0.29) is 18.4 Å². The minimum absolute atomic E-state index is 0.00888. The molecule has 1 N–H and O–H groups in total. The summed E-state index contributed by atoms with van der Waals surface area (Å²) in [7, 11) is 1.88. The standard InChI is InChI=1S/C14H18N2O3/c1-3-19-14(18)9-16-12-5-4-10(8-15-2)6-11(12)7-13(16)17/h4-6,15H,3,7-9H2,1-2H3. The first kappa shape index (κ1) is 13.5. The number of carbonyl (C=O) groups is 2. The summed E-state index contributed by atoms with van der Waals surface area (Å²) >= 11 is 0. The smallest absolute Gasteiger partial charge is 0.326 e. The molecule has 1 amide bonds. The van der Waals surface area contributed by atoms with Crippen LogP contribution >= 0.6 is 0 Å². The molecule has 0 bridgehead atoms. The monoisotopic (exact) mass is 262 g/mol. The Morgan fingerprint density at radius 1 is 1.47 bits per heavy atom. The Morgan fingerprint density at radius 2 is 2.26 bits per heavy atom. The predicted molar refractivity (Wildman–Crippen MR) is 71.9 cm³/mol. The third kappa shape index (κ3) is 2.93. The number of anilines is 1. The van der Waals surface area contributed by atoms with E-state index >= 15 is 0 Å². The lowest BCUT2D eigenvalue weighted by Gasteiger charge is -2.16. The summed E-state index contributed by atoms with van der Waals surface area (Å²) in [5, 5.41) is 3.07. The highest BCUT2D eigenvalue weighted by molar-refractivity contribution is 6.04. The van der Waals surface area contributed by atoms with E-state index < -0.39 is 0 Å². The molecule has 0 atom stereocenters. The van der Waals surface area contributed by atoms with Crippen LogP contribution in [0.2, 0.25) is 0 Å². The van der Waals surface area contributed by atoms with Gasteiger partial charge in [0.15, 0.2) is 0 Å². The van der Waals surface area contributed by atoms with Gasteiger partial charge in [0, 0.05) is 12.2 Å². The van der Waals surface area contributed by atoms with E-state index in [9.17, 15) is 9.59 Å². The van der Waals surface area contributed by atoms with Gasteiger partial charge in [0.1, 0.15) is 6.54 Å². The number of nitrogens with one attached hydrogen (secondary N) is 1. The molecule has 1 heterocycles. The van der Waals surface area contributed by atoms with Gasteiger partial charge in [0.05, 0.1) is 13.0 Å². The van der Waals surface area contributed by atoms with Gasteiger partial charge in [-0.2, -0.15) is 0 Å². The van der Waals surface area contributed by atoms with Crippen LogP contribution in [0.5, 0.6) is 0 Å². The van der Waals surface area contributed by atoms with Crippen molar-refractivity contribution in [3.05, 3.63) is 29.3 Å². The van der Waals surface area contributed by atoms with Gasteiger partial charge in [-0.05, 0) is 31.2 Å². The molecule has 1 aromatic carbocycles. The fraction of sp³-hybridized carbons (Fsp3) is 0.429. The summed E-state index contributed by atoms with van der Waals surface area (Å²) in [6.07, 6.45) is 0.353. The minimum Gasteiger partial charge on any atom is -0.465 e. The molecular weight excluding hydrogens is 244 g/mol. The lowest BCUT2D eigenvalue weighted by molar-refractivity contribution is -0.142. The number of hydrogen-bond donors (Lipinski definition) is 1. The molecule has 0 aliphatic carbocycles. The van der Waals surface area contributed by atoms with Gasteiger partial charge in [-0.3, -0.25) is 9.59 Å². The van der Waals surface area contributed by atoms with Crippen molar-refractivity contribution >= 4 is 17.6 Å². The highest BCUT2D eigenvalue weighted by Crippen LogP contribution is 2.29. The largest absolute Gasteiger partial charge is 0.465 e. The van der Waals surface area contributed by atoms with Crippen LogP contribution in [-0.2, 0) is 27.3 Å². The van der Waals surface area contributed by atoms with Crippen molar-refractivity contribution in [2.45, 2.75) is 19.9 Å². The number of hydrogen-bond acceptors (Lipinski definition) is 4. The first-order chi connectivity index (χ1) is 9.15. The highest BCUT2D eigenvalue weighted by Gasteiger charge is 2.29. The van der Waals surface area contributed by atoms with Crippen LogP contribution in [0.3, 0.4) is 0 Å². The van der Waals surface area contributed by atoms with Gasteiger partial charge < -0.3 is 15.0 Å². The molecule has 0 unspecified atom stereocenters. The molecule has 0 aromatic heterocycles. The van der Waals surface area contributed by atoms with Crippen LogP contribution < -0.4 is 10.2 Å². The van der Waals surface area contributed by atoms with Crippen molar-refractivity contribution in [2.24, 2.45) is 0 Å². The van der Waals surface area contributed by atoms with E-state index in [2.05, 4.69) is 5.32 Å². The fourth-order valence-electron chi connectivity index (χ4n) is 2.26. The zero-order chi connectivity index (χ0) is 13.8. The van der Waals surface area contributed by atoms with Crippen molar-refractivity contribution in [3.8, 4) is 0 Å². The molecule has 0 fully saturated rings. The zero-order valence-corrected chi connectivity index (χ0v) is 11.2. The maximum absolute atomic E-state index is 11.9. The molecule has 0 radical (unpaired) electrons. The van der Waals surface area contributed by atoms with Crippen LogP contribution in [0.25, 0.3) is 0 Å². The van der Waals surface area contributed by atoms with Gasteiger partial charge in [0.25, 0.3) is 0 Å². The summed E-state index contributed by atoms with van der Waals surface area (Å²) in [5.74, 6) is -0.423. The summed E-state index contributed by atoms with van der Waals surface area (Å²) < 4.78 is 4.89. The Morgan fingerprint density at radius 3 is 2.95 bits per heavy atom. The number of ether oxygens (including phenoxy) is 1. The number of carbonyl (C=O) groups excluding carboxylic acids is 2. The van der Waals surface area contributed by atoms with Gasteiger partial charge >= 0.3 is 5.97 Å². The highest BCUT2D eigenvalue weighted by atomic mass is 16.5. The van der Waals surface area contributed by atoms with Crippen LogP contribution in [0.4, 0.5) is 5.69 Å². The number of benzene rings is 1. The average molecular weight is 262 g/mol. The second-order valence-corrected chi connectivity index (χ2v) is 4.46. The first-order valence-electron chi connectivity index (χ1n) is 6.38. The number of esters is 1. The van der Waals surface area contributed by atoms with Crippen molar-refractivity contribution in [1.29, 1.82) is 0 Å². The Labute approximate surface area is 112 Å². The van der Waals surface area contributed by atoms with Crippen LogP contribution in [0, 0.1) is 0 Å². The van der Waals surface area contributed by atoms with Gasteiger partial charge in [0.2, 0.25) is 5.91 Å². The average Bonchev–Trinajstić information content (AvgIpc) is 2.66. The number of amides is 1. The second kappa shape index (κ2) is 5.84. The third-order valence-electron chi connectivity index (χ3n) is 3.05. The molecule has 102 valence electrons. The summed E-state index contributed by atoms with van der Waals surface area (Å²) in [6, 6.07) is 5.87. The quantitative estimate of drug-likeness (QED) is 0.800. The first-order valence-corrected chi connectivity index (χ1v) is 6.38. The van der Waals surface area contributed by atoms with Gasteiger partial charge in [-0.25, -0.2) is 0 Å². The molecule has 19 heavy (non-hydrogen) atoms.